The monoisotopic (exact) mass is 437 g/mol. The van der Waals surface area contributed by atoms with Gasteiger partial charge in [0.25, 0.3) is 5.91 Å². The van der Waals surface area contributed by atoms with Crippen LogP contribution in [0.1, 0.15) is 17.5 Å². The maximum absolute atomic E-state index is 13.4. The van der Waals surface area contributed by atoms with Crippen molar-refractivity contribution in [1.82, 2.24) is 4.90 Å². The molecule has 2 heterocycles. The summed E-state index contributed by atoms with van der Waals surface area (Å²) in [6, 6.07) is 15.1. The Balaban J connectivity index is 1.53. The maximum Gasteiger partial charge on any atom is 0.291 e. The average molecular weight is 437 g/mol. The third-order valence-corrected chi connectivity index (χ3v) is 5.48. The second-order valence-corrected chi connectivity index (χ2v) is 7.44. The lowest BCUT2D eigenvalue weighted by Gasteiger charge is -2.36. The molecule has 1 aliphatic heterocycles. The lowest BCUT2D eigenvalue weighted by atomic mass is 10.2. The van der Waals surface area contributed by atoms with Crippen LogP contribution in [-0.2, 0) is 9.53 Å². The van der Waals surface area contributed by atoms with Crippen molar-refractivity contribution in [2.75, 3.05) is 56.7 Å². The lowest BCUT2D eigenvalue weighted by Crippen LogP contribution is -2.49. The van der Waals surface area contributed by atoms with Gasteiger partial charge in [0, 0.05) is 38.2 Å². The molecule has 0 spiro atoms. The minimum atomic E-state index is -0.326. The van der Waals surface area contributed by atoms with Gasteiger partial charge in [-0.05, 0) is 31.2 Å². The van der Waals surface area contributed by atoms with Gasteiger partial charge in [-0.3, -0.25) is 9.59 Å². The summed E-state index contributed by atoms with van der Waals surface area (Å²) in [7, 11) is 1.65. The normalized spacial score (nSPS) is 13.9. The topological polar surface area (TPSA) is 84.2 Å². The fourth-order valence-corrected chi connectivity index (χ4v) is 3.88. The molecule has 0 aliphatic carbocycles. The highest BCUT2D eigenvalue weighted by molar-refractivity contribution is 6.11. The van der Waals surface area contributed by atoms with E-state index in [0.29, 0.717) is 49.4 Å². The highest BCUT2D eigenvalue weighted by Crippen LogP contribution is 2.33. The van der Waals surface area contributed by atoms with Crippen molar-refractivity contribution < 1.29 is 23.5 Å². The molecule has 0 saturated carbocycles. The van der Waals surface area contributed by atoms with Crippen LogP contribution in [0.5, 0.6) is 5.75 Å². The van der Waals surface area contributed by atoms with E-state index in [9.17, 15) is 9.59 Å². The van der Waals surface area contributed by atoms with Crippen LogP contribution in [0.25, 0.3) is 11.0 Å². The predicted molar refractivity (Wildman–Crippen MR) is 122 cm³/mol. The van der Waals surface area contributed by atoms with Gasteiger partial charge in [0.15, 0.2) is 0 Å². The second-order valence-electron chi connectivity index (χ2n) is 7.44. The Labute approximate surface area is 186 Å². The van der Waals surface area contributed by atoms with Crippen LogP contribution >= 0.6 is 0 Å². The number of fused-ring (bicyclic) bond motifs is 1. The molecular formula is C24H27N3O5. The first-order chi connectivity index (χ1) is 15.6. The molecule has 1 fully saturated rings. The fourth-order valence-electron chi connectivity index (χ4n) is 3.88. The smallest absolute Gasteiger partial charge is 0.291 e. The molecule has 1 saturated heterocycles. The zero-order chi connectivity index (χ0) is 22.5. The standard InChI is InChI=1S/C24H27N3O5/c1-3-31-16-21(28)25-22-17-8-4-6-10-19(17)32-23(22)24(29)27-14-12-26(13-15-27)18-9-5-7-11-20(18)30-2/h4-11H,3,12-16H2,1-2H3,(H,25,28). The Morgan fingerprint density at radius 2 is 1.75 bits per heavy atom. The second kappa shape index (κ2) is 9.74. The van der Waals surface area contributed by atoms with Gasteiger partial charge >= 0.3 is 0 Å². The summed E-state index contributed by atoms with van der Waals surface area (Å²) in [5, 5.41) is 3.49. The molecule has 1 N–H and O–H groups in total. The number of carbonyl (C=O) groups is 2. The highest BCUT2D eigenvalue weighted by Gasteiger charge is 2.29. The minimum Gasteiger partial charge on any atom is -0.495 e. The Morgan fingerprint density at radius 3 is 2.50 bits per heavy atom. The first kappa shape index (κ1) is 21.7. The SMILES string of the molecule is CCOCC(=O)Nc1c(C(=O)N2CCN(c3ccccc3OC)CC2)oc2ccccc12. The first-order valence-corrected chi connectivity index (χ1v) is 10.7. The summed E-state index contributed by atoms with van der Waals surface area (Å²) in [6.45, 7) is 4.56. The van der Waals surface area contributed by atoms with Crippen molar-refractivity contribution in [3.63, 3.8) is 0 Å². The van der Waals surface area contributed by atoms with Crippen LogP contribution in [-0.4, -0.2) is 63.2 Å². The van der Waals surface area contributed by atoms with Crippen LogP contribution < -0.4 is 15.0 Å². The molecule has 2 aromatic carbocycles. The Morgan fingerprint density at radius 1 is 1.03 bits per heavy atom. The largest absolute Gasteiger partial charge is 0.495 e. The molecule has 0 atom stereocenters. The van der Waals surface area contributed by atoms with E-state index < -0.39 is 0 Å². The number of amides is 2. The molecular weight excluding hydrogens is 410 g/mol. The van der Waals surface area contributed by atoms with E-state index in [2.05, 4.69) is 10.2 Å². The number of nitrogens with zero attached hydrogens (tertiary/aromatic N) is 2. The molecule has 4 rings (SSSR count). The molecule has 1 aromatic heterocycles. The molecule has 0 bridgehead atoms. The van der Waals surface area contributed by atoms with Crippen LogP contribution in [0.15, 0.2) is 52.9 Å². The van der Waals surface area contributed by atoms with Crippen molar-refractivity contribution in [3.8, 4) is 5.75 Å². The summed E-state index contributed by atoms with van der Waals surface area (Å²) in [4.78, 5) is 29.6. The molecule has 2 amide bonds. The van der Waals surface area contributed by atoms with Crippen LogP contribution in [0.3, 0.4) is 0 Å². The van der Waals surface area contributed by atoms with Gasteiger partial charge < -0.3 is 29.0 Å². The number of para-hydroxylation sites is 3. The number of piperazine rings is 1. The Kier molecular flexibility index (Phi) is 6.61. The van der Waals surface area contributed by atoms with E-state index in [1.165, 1.54) is 0 Å². The number of rotatable bonds is 7. The quantitative estimate of drug-likeness (QED) is 0.610. The number of benzene rings is 2. The minimum absolute atomic E-state index is 0.0821. The molecule has 0 radical (unpaired) electrons. The molecule has 3 aromatic rings. The molecule has 0 unspecified atom stereocenters. The van der Waals surface area contributed by atoms with Crippen LogP contribution in [0.2, 0.25) is 0 Å². The number of anilines is 2. The van der Waals surface area contributed by atoms with E-state index in [-0.39, 0.29) is 24.2 Å². The van der Waals surface area contributed by atoms with Gasteiger partial charge in [0.2, 0.25) is 11.7 Å². The fraction of sp³-hybridized carbons (Fsp3) is 0.333. The van der Waals surface area contributed by atoms with Crippen molar-refractivity contribution >= 4 is 34.2 Å². The number of methoxy groups -OCH3 is 1. The summed E-state index contributed by atoms with van der Waals surface area (Å²) in [5.41, 5.74) is 1.95. The van der Waals surface area contributed by atoms with E-state index in [1.54, 1.807) is 18.1 Å². The van der Waals surface area contributed by atoms with E-state index in [4.69, 9.17) is 13.9 Å². The molecule has 8 nitrogen and oxygen atoms in total. The number of hydrogen-bond acceptors (Lipinski definition) is 6. The van der Waals surface area contributed by atoms with Gasteiger partial charge in [0.05, 0.1) is 12.8 Å². The molecule has 168 valence electrons. The number of nitrogens with one attached hydrogen (secondary N) is 1. The number of furan rings is 1. The van der Waals surface area contributed by atoms with Gasteiger partial charge in [-0.25, -0.2) is 0 Å². The Hall–Kier alpha value is -3.52. The van der Waals surface area contributed by atoms with E-state index in [1.807, 2.05) is 49.4 Å². The predicted octanol–water partition coefficient (Wildman–Crippen LogP) is 3.38. The van der Waals surface area contributed by atoms with Crippen LogP contribution in [0, 0.1) is 0 Å². The summed E-state index contributed by atoms with van der Waals surface area (Å²) >= 11 is 0. The number of hydrogen-bond donors (Lipinski definition) is 1. The molecule has 32 heavy (non-hydrogen) atoms. The molecule has 8 heteroatoms. The number of carbonyl (C=O) groups excluding carboxylic acids is 2. The van der Waals surface area contributed by atoms with Crippen molar-refractivity contribution in [2.45, 2.75) is 6.92 Å². The third kappa shape index (κ3) is 4.40. The molecule has 1 aliphatic rings. The van der Waals surface area contributed by atoms with Gasteiger partial charge in [-0.1, -0.05) is 24.3 Å². The van der Waals surface area contributed by atoms with Crippen molar-refractivity contribution in [3.05, 3.63) is 54.3 Å². The zero-order valence-corrected chi connectivity index (χ0v) is 18.3. The average Bonchev–Trinajstić information content (AvgIpc) is 3.20. The summed E-state index contributed by atoms with van der Waals surface area (Å²) < 4.78 is 16.5. The van der Waals surface area contributed by atoms with E-state index >= 15 is 0 Å². The third-order valence-electron chi connectivity index (χ3n) is 5.48. The van der Waals surface area contributed by atoms with Crippen molar-refractivity contribution in [2.24, 2.45) is 0 Å². The Bertz CT molecular complexity index is 1100. The van der Waals surface area contributed by atoms with Crippen molar-refractivity contribution in [1.29, 1.82) is 0 Å². The van der Waals surface area contributed by atoms with Crippen LogP contribution in [0.4, 0.5) is 11.4 Å². The first-order valence-electron chi connectivity index (χ1n) is 10.7. The zero-order valence-electron chi connectivity index (χ0n) is 18.3. The highest BCUT2D eigenvalue weighted by atomic mass is 16.5. The maximum atomic E-state index is 13.4. The van der Waals surface area contributed by atoms with Gasteiger partial charge in [-0.15, -0.1) is 0 Å². The number of ether oxygens (including phenoxy) is 2. The van der Waals surface area contributed by atoms with Gasteiger partial charge in [0.1, 0.15) is 23.6 Å². The van der Waals surface area contributed by atoms with E-state index in [0.717, 1.165) is 11.4 Å². The summed E-state index contributed by atoms with van der Waals surface area (Å²) in [5.74, 6) is 0.381. The summed E-state index contributed by atoms with van der Waals surface area (Å²) in [6.07, 6.45) is 0. The van der Waals surface area contributed by atoms with Gasteiger partial charge in [-0.2, -0.15) is 0 Å². The lowest BCUT2D eigenvalue weighted by molar-refractivity contribution is -0.120.